The summed E-state index contributed by atoms with van der Waals surface area (Å²) in [6.07, 6.45) is -3.08. The number of carbonyl (C=O) groups is 1. The van der Waals surface area contributed by atoms with Crippen molar-refractivity contribution in [2.75, 3.05) is 5.32 Å². The monoisotopic (exact) mass is 355 g/mol. The minimum absolute atomic E-state index is 0.0186. The van der Waals surface area contributed by atoms with Crippen molar-refractivity contribution in [2.45, 2.75) is 39.5 Å². The van der Waals surface area contributed by atoms with Crippen LogP contribution >= 0.6 is 0 Å². The third kappa shape index (κ3) is 3.01. The molecule has 3 rings (SSSR count). The standard InChI is InChI=1S/C16H16F3N3O3/c1-4-22-14(19)10(11(21-22)13(17)18)15(23)20-8-6-5-7-9-12(8)25-16(2,3)24-9/h5-7,13H,4H2,1-3H3,(H,20,23). The molecule has 1 aliphatic rings. The number of alkyl halides is 2. The number of nitrogens with one attached hydrogen (secondary N) is 1. The predicted octanol–water partition coefficient (Wildman–Crippen LogP) is 3.74. The summed E-state index contributed by atoms with van der Waals surface area (Å²) < 4.78 is 52.3. The summed E-state index contributed by atoms with van der Waals surface area (Å²) in [4.78, 5) is 12.4. The van der Waals surface area contributed by atoms with Gasteiger partial charge in [-0.3, -0.25) is 4.79 Å². The number of ether oxygens (including phenoxy) is 2. The summed E-state index contributed by atoms with van der Waals surface area (Å²) in [5.74, 6) is -2.44. The summed E-state index contributed by atoms with van der Waals surface area (Å²) in [6, 6.07) is 4.74. The van der Waals surface area contributed by atoms with Crippen LogP contribution in [0.5, 0.6) is 11.5 Å². The molecule has 0 radical (unpaired) electrons. The van der Waals surface area contributed by atoms with E-state index in [0.717, 1.165) is 0 Å². The maximum Gasteiger partial charge on any atom is 0.283 e. The summed E-state index contributed by atoms with van der Waals surface area (Å²) in [7, 11) is 0. The zero-order valence-corrected chi connectivity index (χ0v) is 13.8. The van der Waals surface area contributed by atoms with Gasteiger partial charge in [0.1, 0.15) is 11.3 Å². The number of hydrogen-bond acceptors (Lipinski definition) is 4. The number of aryl methyl sites for hydroxylation is 1. The Hall–Kier alpha value is -2.71. The van der Waals surface area contributed by atoms with E-state index < -0.39 is 35.3 Å². The van der Waals surface area contributed by atoms with E-state index in [4.69, 9.17) is 9.47 Å². The molecule has 0 saturated carbocycles. The number of anilines is 1. The fourth-order valence-corrected chi connectivity index (χ4v) is 2.55. The third-order valence-corrected chi connectivity index (χ3v) is 3.58. The Labute approximate surface area is 141 Å². The minimum atomic E-state index is -3.08. The molecule has 9 heteroatoms. The maximum atomic E-state index is 14.3. The molecular formula is C16H16F3N3O3. The first-order valence-electron chi connectivity index (χ1n) is 7.60. The van der Waals surface area contributed by atoms with E-state index in [1.807, 2.05) is 0 Å². The van der Waals surface area contributed by atoms with Crippen LogP contribution in [0.2, 0.25) is 0 Å². The maximum absolute atomic E-state index is 14.3. The highest BCUT2D eigenvalue weighted by Gasteiger charge is 2.35. The summed E-state index contributed by atoms with van der Waals surface area (Å²) >= 11 is 0. The molecule has 2 heterocycles. The van der Waals surface area contributed by atoms with Gasteiger partial charge in [-0.25, -0.2) is 13.5 Å². The number of para-hydroxylation sites is 1. The molecule has 134 valence electrons. The van der Waals surface area contributed by atoms with Gasteiger partial charge in [-0.05, 0) is 19.1 Å². The number of nitrogens with zero attached hydrogens (tertiary/aromatic N) is 2. The molecule has 2 aromatic rings. The van der Waals surface area contributed by atoms with Gasteiger partial charge >= 0.3 is 0 Å². The molecule has 0 bridgehead atoms. The van der Waals surface area contributed by atoms with Crippen molar-refractivity contribution in [3.05, 3.63) is 35.4 Å². The molecule has 0 atom stereocenters. The number of fused-ring (bicyclic) bond motifs is 1. The van der Waals surface area contributed by atoms with E-state index in [0.29, 0.717) is 10.4 Å². The number of halogens is 3. The summed E-state index contributed by atoms with van der Waals surface area (Å²) in [6.45, 7) is 4.91. The molecule has 0 spiro atoms. The van der Waals surface area contributed by atoms with Crippen LogP contribution in [0, 0.1) is 5.95 Å². The van der Waals surface area contributed by atoms with Gasteiger partial charge < -0.3 is 14.8 Å². The Kier molecular flexibility index (Phi) is 4.09. The Morgan fingerprint density at radius 1 is 1.36 bits per heavy atom. The Morgan fingerprint density at radius 3 is 2.72 bits per heavy atom. The van der Waals surface area contributed by atoms with E-state index in [2.05, 4.69) is 10.4 Å². The number of rotatable bonds is 4. The SMILES string of the molecule is CCn1nc(C(F)F)c(C(=O)Nc2cccc3c2OC(C)(C)O3)c1F. The van der Waals surface area contributed by atoms with E-state index in [-0.39, 0.29) is 18.0 Å². The third-order valence-electron chi connectivity index (χ3n) is 3.58. The molecule has 1 aliphatic heterocycles. The van der Waals surface area contributed by atoms with Crippen molar-refractivity contribution < 1.29 is 27.4 Å². The molecule has 6 nitrogen and oxygen atoms in total. The van der Waals surface area contributed by atoms with Gasteiger partial charge in [-0.1, -0.05) is 6.07 Å². The van der Waals surface area contributed by atoms with Gasteiger partial charge in [0, 0.05) is 20.4 Å². The fraction of sp³-hybridized carbons (Fsp3) is 0.375. The van der Waals surface area contributed by atoms with Crippen LogP contribution in [0.3, 0.4) is 0 Å². The lowest BCUT2D eigenvalue weighted by molar-refractivity contribution is -0.0429. The number of benzene rings is 1. The van der Waals surface area contributed by atoms with Crippen LogP contribution in [-0.4, -0.2) is 21.5 Å². The van der Waals surface area contributed by atoms with Gasteiger partial charge in [-0.15, -0.1) is 0 Å². The molecular weight excluding hydrogens is 339 g/mol. The minimum Gasteiger partial charge on any atom is -0.449 e. The van der Waals surface area contributed by atoms with E-state index in [1.165, 1.54) is 13.0 Å². The fourth-order valence-electron chi connectivity index (χ4n) is 2.55. The van der Waals surface area contributed by atoms with Crippen molar-refractivity contribution in [3.8, 4) is 11.5 Å². The highest BCUT2D eigenvalue weighted by molar-refractivity contribution is 6.06. The quantitative estimate of drug-likeness (QED) is 0.907. The van der Waals surface area contributed by atoms with Gasteiger partial charge in [0.05, 0.1) is 5.69 Å². The second kappa shape index (κ2) is 5.98. The molecule has 0 aliphatic carbocycles. The van der Waals surface area contributed by atoms with E-state index in [9.17, 15) is 18.0 Å². The lowest BCUT2D eigenvalue weighted by atomic mass is 10.2. The second-order valence-corrected chi connectivity index (χ2v) is 5.86. The highest BCUT2D eigenvalue weighted by Crippen LogP contribution is 2.44. The van der Waals surface area contributed by atoms with Crippen molar-refractivity contribution in [2.24, 2.45) is 0 Å². The average molecular weight is 355 g/mol. The zero-order chi connectivity index (χ0) is 18.4. The van der Waals surface area contributed by atoms with Crippen molar-refractivity contribution in [3.63, 3.8) is 0 Å². The van der Waals surface area contributed by atoms with Crippen LogP contribution in [0.15, 0.2) is 18.2 Å². The lowest BCUT2D eigenvalue weighted by Gasteiger charge is -2.16. The molecule has 0 fully saturated rings. The second-order valence-electron chi connectivity index (χ2n) is 5.86. The van der Waals surface area contributed by atoms with E-state index in [1.54, 1.807) is 26.0 Å². The lowest BCUT2D eigenvalue weighted by Crippen LogP contribution is -2.30. The summed E-state index contributed by atoms with van der Waals surface area (Å²) in [5.41, 5.74) is -1.49. The van der Waals surface area contributed by atoms with Crippen LogP contribution in [0.25, 0.3) is 0 Å². The molecule has 0 unspecified atom stereocenters. The average Bonchev–Trinajstić information content (AvgIpc) is 3.03. The molecule has 1 aromatic heterocycles. The van der Waals surface area contributed by atoms with Crippen molar-refractivity contribution >= 4 is 11.6 Å². The molecule has 1 N–H and O–H groups in total. The topological polar surface area (TPSA) is 65.4 Å². The first kappa shape index (κ1) is 17.1. The molecule has 0 saturated heterocycles. The molecule has 1 amide bonds. The summed E-state index contributed by atoms with van der Waals surface area (Å²) in [5, 5.41) is 5.86. The number of amides is 1. The van der Waals surface area contributed by atoms with Crippen LogP contribution < -0.4 is 14.8 Å². The predicted molar refractivity (Wildman–Crippen MR) is 82.5 cm³/mol. The van der Waals surface area contributed by atoms with Gasteiger partial charge in [0.25, 0.3) is 12.3 Å². The van der Waals surface area contributed by atoms with Gasteiger partial charge in [0.15, 0.2) is 11.5 Å². The largest absolute Gasteiger partial charge is 0.449 e. The number of aromatic nitrogens is 2. The van der Waals surface area contributed by atoms with Crippen LogP contribution in [0.1, 0.15) is 43.2 Å². The first-order chi connectivity index (χ1) is 11.7. The zero-order valence-electron chi connectivity index (χ0n) is 13.8. The normalized spacial score (nSPS) is 14.8. The van der Waals surface area contributed by atoms with E-state index >= 15 is 0 Å². The van der Waals surface area contributed by atoms with Gasteiger partial charge in [-0.2, -0.15) is 9.49 Å². The smallest absolute Gasteiger partial charge is 0.283 e. The number of carbonyl (C=O) groups excluding carboxylic acids is 1. The Balaban J connectivity index is 1.96. The first-order valence-corrected chi connectivity index (χ1v) is 7.60. The van der Waals surface area contributed by atoms with Crippen LogP contribution in [0.4, 0.5) is 18.9 Å². The van der Waals surface area contributed by atoms with Gasteiger partial charge in [0.2, 0.25) is 11.7 Å². The molecule has 25 heavy (non-hydrogen) atoms. The Bertz CT molecular complexity index is 834. The van der Waals surface area contributed by atoms with Crippen LogP contribution in [-0.2, 0) is 6.54 Å². The number of hydrogen-bond donors (Lipinski definition) is 1. The highest BCUT2D eigenvalue weighted by atomic mass is 19.3. The molecule has 1 aromatic carbocycles. The van der Waals surface area contributed by atoms with Crippen molar-refractivity contribution in [1.29, 1.82) is 0 Å². The Morgan fingerprint density at radius 2 is 2.08 bits per heavy atom. The van der Waals surface area contributed by atoms with Crippen molar-refractivity contribution in [1.82, 2.24) is 9.78 Å².